The topological polar surface area (TPSA) is 66.4 Å². The molecule has 4 nitrogen and oxygen atoms in total. The summed E-state index contributed by atoms with van der Waals surface area (Å²) in [6.45, 7) is 0.660. The quantitative estimate of drug-likeness (QED) is 0.688. The molecule has 0 aliphatic heterocycles. The van der Waals surface area contributed by atoms with E-state index >= 15 is 0 Å². The van der Waals surface area contributed by atoms with Crippen LogP contribution in [0.25, 0.3) is 0 Å². The smallest absolute Gasteiger partial charge is 0.303 e. The molecule has 0 radical (unpaired) electrons. The Balaban J connectivity index is 1.51. The molecule has 0 bridgehead atoms. The number of rotatable bonds is 9. The van der Waals surface area contributed by atoms with Gasteiger partial charge in [0, 0.05) is 19.4 Å². The molecule has 1 aromatic carbocycles. The summed E-state index contributed by atoms with van der Waals surface area (Å²) in [6, 6.07) is 10.5. The van der Waals surface area contributed by atoms with Crippen LogP contribution in [0.2, 0.25) is 0 Å². The maximum atomic E-state index is 11.8. The van der Waals surface area contributed by atoms with Gasteiger partial charge in [-0.2, -0.15) is 0 Å². The SMILES string of the molecule is O=C(O)CCCCCNC(=O)CC1CC(c2ccccc2)C1. The van der Waals surface area contributed by atoms with E-state index in [9.17, 15) is 9.59 Å². The van der Waals surface area contributed by atoms with E-state index in [4.69, 9.17) is 5.11 Å². The first-order chi connectivity index (χ1) is 10.6. The van der Waals surface area contributed by atoms with Crippen LogP contribution in [0.5, 0.6) is 0 Å². The second-order valence-corrected chi connectivity index (χ2v) is 6.20. The maximum absolute atomic E-state index is 11.8. The maximum Gasteiger partial charge on any atom is 0.303 e. The highest BCUT2D eigenvalue weighted by Gasteiger charge is 2.31. The standard InChI is InChI=1S/C18H25NO3/c20-17(19-10-6-2-5-9-18(21)22)13-14-11-16(12-14)15-7-3-1-4-8-15/h1,3-4,7-8,14,16H,2,5-6,9-13H2,(H,19,20)(H,21,22). The largest absolute Gasteiger partial charge is 0.481 e. The lowest BCUT2D eigenvalue weighted by Crippen LogP contribution is -2.31. The van der Waals surface area contributed by atoms with E-state index in [1.807, 2.05) is 6.07 Å². The first kappa shape index (κ1) is 16.5. The van der Waals surface area contributed by atoms with Gasteiger partial charge in [0.1, 0.15) is 0 Å². The van der Waals surface area contributed by atoms with Gasteiger partial charge in [-0.1, -0.05) is 36.8 Å². The molecule has 1 aliphatic rings. The van der Waals surface area contributed by atoms with Crippen molar-refractivity contribution in [1.29, 1.82) is 0 Å². The van der Waals surface area contributed by atoms with Gasteiger partial charge < -0.3 is 10.4 Å². The number of benzene rings is 1. The number of carboxylic acid groups (broad SMARTS) is 1. The van der Waals surface area contributed by atoms with Crippen molar-refractivity contribution in [1.82, 2.24) is 5.32 Å². The minimum absolute atomic E-state index is 0.134. The Kier molecular flexibility index (Phi) is 6.44. The Labute approximate surface area is 131 Å². The molecule has 0 unspecified atom stereocenters. The third kappa shape index (κ3) is 5.51. The molecule has 1 aliphatic carbocycles. The van der Waals surface area contributed by atoms with Crippen LogP contribution in [0.15, 0.2) is 30.3 Å². The second-order valence-electron chi connectivity index (χ2n) is 6.20. The van der Waals surface area contributed by atoms with Gasteiger partial charge in [0.25, 0.3) is 0 Å². The van der Waals surface area contributed by atoms with E-state index in [0.29, 0.717) is 31.2 Å². The van der Waals surface area contributed by atoms with Crippen molar-refractivity contribution in [3.63, 3.8) is 0 Å². The highest BCUT2D eigenvalue weighted by Crippen LogP contribution is 2.43. The molecule has 120 valence electrons. The van der Waals surface area contributed by atoms with Crippen LogP contribution in [-0.2, 0) is 9.59 Å². The second kappa shape index (κ2) is 8.57. The number of hydrogen-bond donors (Lipinski definition) is 2. The van der Waals surface area contributed by atoms with Crippen LogP contribution in [0, 0.1) is 5.92 Å². The van der Waals surface area contributed by atoms with Crippen LogP contribution < -0.4 is 5.32 Å². The average Bonchev–Trinajstić information content (AvgIpc) is 2.46. The summed E-state index contributed by atoms with van der Waals surface area (Å²) in [7, 11) is 0. The van der Waals surface area contributed by atoms with Gasteiger partial charge in [-0.25, -0.2) is 0 Å². The molecule has 1 aromatic rings. The number of carbonyl (C=O) groups excluding carboxylic acids is 1. The van der Waals surface area contributed by atoms with Crippen molar-refractivity contribution in [3.8, 4) is 0 Å². The summed E-state index contributed by atoms with van der Waals surface area (Å²) in [4.78, 5) is 22.2. The van der Waals surface area contributed by atoms with E-state index in [-0.39, 0.29) is 12.3 Å². The molecular weight excluding hydrogens is 278 g/mol. The lowest BCUT2D eigenvalue weighted by Gasteiger charge is -2.35. The van der Waals surface area contributed by atoms with E-state index in [1.54, 1.807) is 0 Å². The molecule has 1 fully saturated rings. The van der Waals surface area contributed by atoms with Crippen molar-refractivity contribution >= 4 is 11.9 Å². The fourth-order valence-corrected chi connectivity index (χ4v) is 3.04. The zero-order chi connectivity index (χ0) is 15.8. The summed E-state index contributed by atoms with van der Waals surface area (Å²) in [5, 5.41) is 11.5. The number of amides is 1. The Bertz CT molecular complexity index is 480. The van der Waals surface area contributed by atoms with Crippen LogP contribution in [0.4, 0.5) is 0 Å². The number of nitrogens with one attached hydrogen (secondary N) is 1. The number of carbonyl (C=O) groups is 2. The molecule has 2 rings (SSSR count). The molecular formula is C18H25NO3. The van der Waals surface area contributed by atoms with Gasteiger partial charge in [0.05, 0.1) is 0 Å². The summed E-state index contributed by atoms with van der Waals surface area (Å²) in [5.41, 5.74) is 1.39. The fraction of sp³-hybridized carbons (Fsp3) is 0.556. The molecule has 4 heteroatoms. The third-order valence-corrected chi connectivity index (χ3v) is 4.37. The van der Waals surface area contributed by atoms with Gasteiger partial charge >= 0.3 is 5.97 Å². The monoisotopic (exact) mass is 303 g/mol. The predicted molar refractivity (Wildman–Crippen MR) is 85.6 cm³/mol. The number of carboxylic acids is 1. The molecule has 0 saturated heterocycles. The van der Waals surface area contributed by atoms with Gasteiger partial charge in [-0.05, 0) is 43.1 Å². The first-order valence-corrected chi connectivity index (χ1v) is 8.18. The highest BCUT2D eigenvalue weighted by molar-refractivity contribution is 5.76. The molecule has 0 spiro atoms. The predicted octanol–water partition coefficient (Wildman–Crippen LogP) is 3.33. The molecule has 0 atom stereocenters. The van der Waals surface area contributed by atoms with Crippen molar-refractivity contribution in [2.75, 3.05) is 6.54 Å². The normalized spacial score (nSPS) is 20.2. The van der Waals surface area contributed by atoms with E-state index in [2.05, 4.69) is 29.6 Å². The third-order valence-electron chi connectivity index (χ3n) is 4.37. The van der Waals surface area contributed by atoms with Gasteiger partial charge in [0.15, 0.2) is 0 Å². The number of hydrogen-bond acceptors (Lipinski definition) is 2. The minimum Gasteiger partial charge on any atom is -0.481 e. The molecule has 0 aromatic heterocycles. The van der Waals surface area contributed by atoms with Gasteiger partial charge in [-0.15, -0.1) is 0 Å². The van der Waals surface area contributed by atoms with Crippen molar-refractivity contribution in [2.24, 2.45) is 5.92 Å². The Morgan fingerprint density at radius 1 is 1.09 bits per heavy atom. The zero-order valence-corrected chi connectivity index (χ0v) is 13.0. The zero-order valence-electron chi connectivity index (χ0n) is 13.0. The minimum atomic E-state index is -0.748. The van der Waals surface area contributed by atoms with Crippen molar-refractivity contribution in [2.45, 2.75) is 50.9 Å². The van der Waals surface area contributed by atoms with Gasteiger partial charge in [0.2, 0.25) is 5.91 Å². The van der Waals surface area contributed by atoms with Crippen molar-refractivity contribution < 1.29 is 14.7 Å². The van der Waals surface area contributed by atoms with Crippen LogP contribution in [-0.4, -0.2) is 23.5 Å². The van der Waals surface area contributed by atoms with Crippen LogP contribution in [0.1, 0.15) is 56.4 Å². The van der Waals surface area contributed by atoms with E-state index < -0.39 is 5.97 Å². The highest BCUT2D eigenvalue weighted by atomic mass is 16.4. The summed E-state index contributed by atoms with van der Waals surface area (Å²) in [5.74, 6) is 0.518. The Hall–Kier alpha value is -1.84. The molecule has 0 heterocycles. The fourth-order valence-electron chi connectivity index (χ4n) is 3.04. The number of unbranched alkanes of at least 4 members (excludes halogenated alkanes) is 2. The van der Waals surface area contributed by atoms with E-state index in [1.165, 1.54) is 5.56 Å². The molecule has 1 saturated carbocycles. The Morgan fingerprint density at radius 3 is 2.50 bits per heavy atom. The van der Waals surface area contributed by atoms with Crippen LogP contribution >= 0.6 is 0 Å². The van der Waals surface area contributed by atoms with Crippen LogP contribution in [0.3, 0.4) is 0 Å². The number of aliphatic carboxylic acids is 1. The lowest BCUT2D eigenvalue weighted by molar-refractivity contribution is -0.137. The molecule has 22 heavy (non-hydrogen) atoms. The van der Waals surface area contributed by atoms with Gasteiger partial charge in [-0.3, -0.25) is 9.59 Å². The molecule has 2 N–H and O–H groups in total. The summed E-state index contributed by atoms with van der Waals surface area (Å²) < 4.78 is 0. The molecule has 1 amide bonds. The summed E-state index contributed by atoms with van der Waals surface area (Å²) in [6.07, 6.45) is 5.45. The summed E-state index contributed by atoms with van der Waals surface area (Å²) >= 11 is 0. The lowest BCUT2D eigenvalue weighted by atomic mass is 9.70. The average molecular weight is 303 g/mol. The van der Waals surface area contributed by atoms with Crippen molar-refractivity contribution in [3.05, 3.63) is 35.9 Å². The Morgan fingerprint density at radius 2 is 1.82 bits per heavy atom. The van der Waals surface area contributed by atoms with E-state index in [0.717, 1.165) is 25.7 Å². The first-order valence-electron chi connectivity index (χ1n) is 8.18.